The molecule has 1 heterocycles. The number of aliphatic hydroxyl groups excluding tert-OH is 1. The van der Waals surface area contributed by atoms with E-state index in [0.717, 1.165) is 11.4 Å². The maximum absolute atomic E-state index is 10.8. The lowest BCUT2D eigenvalue weighted by Crippen LogP contribution is -2.03. The summed E-state index contributed by atoms with van der Waals surface area (Å²) in [6.45, 7) is 3.66. The van der Waals surface area contributed by atoms with Crippen LogP contribution in [-0.4, -0.2) is 15.0 Å². The molecule has 0 fully saturated rings. The fourth-order valence-electron chi connectivity index (χ4n) is 1.94. The van der Waals surface area contributed by atoms with Crippen molar-refractivity contribution < 1.29 is 14.8 Å². The lowest BCUT2D eigenvalue weighted by atomic mass is 10.1. The van der Waals surface area contributed by atoms with Crippen LogP contribution in [0.1, 0.15) is 30.0 Å². The smallest absolute Gasteiger partial charge is 0.270 e. The van der Waals surface area contributed by atoms with E-state index in [4.69, 9.17) is 4.74 Å². The van der Waals surface area contributed by atoms with Crippen molar-refractivity contribution in [3.8, 4) is 5.75 Å². The van der Waals surface area contributed by atoms with Gasteiger partial charge in [0.2, 0.25) is 0 Å². The van der Waals surface area contributed by atoms with Crippen molar-refractivity contribution in [2.75, 3.05) is 0 Å². The molecule has 1 aromatic carbocycles. The minimum Gasteiger partial charge on any atom is -0.487 e. The van der Waals surface area contributed by atoms with E-state index in [1.807, 2.05) is 25.1 Å². The normalized spacial score (nSPS) is 12.0. The summed E-state index contributed by atoms with van der Waals surface area (Å²) in [4.78, 5) is 14.6. The lowest BCUT2D eigenvalue weighted by Gasteiger charge is -2.13. The molecule has 0 amide bonds. The molecule has 0 unspecified atom stereocenters. The number of nitro benzene ring substituents is 1. The number of aryl methyl sites for hydroxylation is 1. The van der Waals surface area contributed by atoms with E-state index in [1.165, 1.54) is 25.1 Å². The molecular formula is C15H16N2O4. The number of pyridine rings is 1. The zero-order valence-electron chi connectivity index (χ0n) is 11.8. The van der Waals surface area contributed by atoms with Crippen molar-refractivity contribution in [1.82, 2.24) is 4.98 Å². The maximum Gasteiger partial charge on any atom is 0.270 e. The van der Waals surface area contributed by atoms with Crippen LogP contribution >= 0.6 is 0 Å². The van der Waals surface area contributed by atoms with Gasteiger partial charge in [0.25, 0.3) is 5.69 Å². The van der Waals surface area contributed by atoms with Crippen molar-refractivity contribution >= 4 is 5.69 Å². The zero-order valence-corrected chi connectivity index (χ0v) is 11.8. The van der Waals surface area contributed by atoms with E-state index in [1.54, 1.807) is 0 Å². The SMILES string of the molecule is Cc1cccc(COc2ccc([N+](=O)[O-])cc2[C@@H](C)O)n1. The quantitative estimate of drug-likeness (QED) is 0.675. The Balaban J connectivity index is 2.21. The predicted molar refractivity (Wildman–Crippen MR) is 77.0 cm³/mol. The van der Waals surface area contributed by atoms with Crippen LogP contribution in [0.4, 0.5) is 5.69 Å². The largest absolute Gasteiger partial charge is 0.487 e. The number of hydrogen-bond donors (Lipinski definition) is 1. The molecule has 0 spiro atoms. The Bertz CT molecular complexity index is 656. The molecule has 2 aromatic rings. The Kier molecular flexibility index (Phi) is 4.49. The molecule has 1 atom stereocenters. The minimum absolute atomic E-state index is 0.0769. The first-order valence-electron chi connectivity index (χ1n) is 6.49. The second-order valence-corrected chi connectivity index (χ2v) is 4.71. The highest BCUT2D eigenvalue weighted by molar-refractivity contribution is 5.44. The van der Waals surface area contributed by atoms with Crippen molar-refractivity contribution in [2.24, 2.45) is 0 Å². The summed E-state index contributed by atoms with van der Waals surface area (Å²) < 4.78 is 5.63. The van der Waals surface area contributed by atoms with E-state index in [0.29, 0.717) is 11.3 Å². The van der Waals surface area contributed by atoms with Gasteiger partial charge in [-0.25, -0.2) is 0 Å². The third-order valence-electron chi connectivity index (χ3n) is 2.98. The van der Waals surface area contributed by atoms with Gasteiger partial charge in [0.1, 0.15) is 12.4 Å². The Morgan fingerprint density at radius 2 is 2.14 bits per heavy atom. The summed E-state index contributed by atoms with van der Waals surface area (Å²) >= 11 is 0. The Hall–Kier alpha value is -2.47. The van der Waals surface area contributed by atoms with Crippen LogP contribution in [0.5, 0.6) is 5.75 Å². The van der Waals surface area contributed by atoms with Gasteiger partial charge in [-0.2, -0.15) is 0 Å². The number of ether oxygens (including phenoxy) is 1. The summed E-state index contributed by atoms with van der Waals surface area (Å²) in [5.41, 5.74) is 1.95. The van der Waals surface area contributed by atoms with Crippen molar-refractivity contribution in [3.63, 3.8) is 0 Å². The maximum atomic E-state index is 10.8. The van der Waals surface area contributed by atoms with E-state index in [-0.39, 0.29) is 12.3 Å². The second-order valence-electron chi connectivity index (χ2n) is 4.71. The first kappa shape index (κ1) is 14.9. The number of nitro groups is 1. The molecule has 0 radical (unpaired) electrons. The third-order valence-corrected chi connectivity index (χ3v) is 2.98. The molecule has 6 nitrogen and oxygen atoms in total. The number of nitrogens with zero attached hydrogens (tertiary/aromatic N) is 2. The molecular weight excluding hydrogens is 272 g/mol. The number of benzene rings is 1. The molecule has 110 valence electrons. The molecule has 1 aromatic heterocycles. The number of aromatic nitrogens is 1. The summed E-state index contributed by atoms with van der Waals surface area (Å²) in [6.07, 6.45) is -0.856. The molecule has 0 aliphatic heterocycles. The second kappa shape index (κ2) is 6.32. The zero-order chi connectivity index (χ0) is 15.4. The molecule has 0 bridgehead atoms. The number of rotatable bonds is 5. The van der Waals surface area contributed by atoms with Gasteiger partial charge in [-0.15, -0.1) is 0 Å². The molecule has 2 rings (SSSR count). The minimum atomic E-state index is -0.856. The van der Waals surface area contributed by atoms with E-state index in [9.17, 15) is 15.2 Å². The monoisotopic (exact) mass is 288 g/mol. The van der Waals surface area contributed by atoms with Gasteiger partial charge >= 0.3 is 0 Å². The van der Waals surface area contributed by atoms with Gasteiger partial charge in [0.15, 0.2) is 0 Å². The summed E-state index contributed by atoms with van der Waals surface area (Å²) in [6, 6.07) is 9.77. The predicted octanol–water partition coefficient (Wildman–Crippen LogP) is 2.93. The molecule has 0 aliphatic rings. The number of aliphatic hydroxyl groups is 1. The third kappa shape index (κ3) is 3.76. The van der Waals surface area contributed by atoms with Crippen molar-refractivity contribution in [3.05, 3.63) is 63.5 Å². The summed E-state index contributed by atoms with van der Waals surface area (Å²) in [7, 11) is 0. The van der Waals surface area contributed by atoms with Crippen LogP contribution in [-0.2, 0) is 6.61 Å². The fourth-order valence-corrected chi connectivity index (χ4v) is 1.94. The van der Waals surface area contributed by atoms with Crippen LogP contribution in [0.15, 0.2) is 36.4 Å². The van der Waals surface area contributed by atoms with Crippen LogP contribution in [0, 0.1) is 17.0 Å². The average molecular weight is 288 g/mol. The van der Waals surface area contributed by atoms with Gasteiger partial charge in [0.05, 0.1) is 16.7 Å². The summed E-state index contributed by atoms with van der Waals surface area (Å²) in [5.74, 6) is 0.416. The summed E-state index contributed by atoms with van der Waals surface area (Å²) in [5, 5.41) is 20.5. The van der Waals surface area contributed by atoms with E-state index in [2.05, 4.69) is 4.98 Å². The van der Waals surface area contributed by atoms with Crippen LogP contribution in [0.3, 0.4) is 0 Å². The first-order valence-corrected chi connectivity index (χ1v) is 6.49. The molecule has 0 saturated heterocycles. The highest BCUT2D eigenvalue weighted by Gasteiger charge is 2.15. The fraction of sp³-hybridized carbons (Fsp3) is 0.267. The highest BCUT2D eigenvalue weighted by Crippen LogP contribution is 2.29. The molecule has 6 heteroatoms. The van der Waals surface area contributed by atoms with Gasteiger partial charge in [-0.3, -0.25) is 15.1 Å². The first-order chi connectivity index (χ1) is 9.97. The van der Waals surface area contributed by atoms with Gasteiger partial charge in [0, 0.05) is 23.4 Å². The van der Waals surface area contributed by atoms with Crippen LogP contribution in [0.25, 0.3) is 0 Å². The van der Waals surface area contributed by atoms with Crippen molar-refractivity contribution in [1.29, 1.82) is 0 Å². The van der Waals surface area contributed by atoms with E-state index < -0.39 is 11.0 Å². The van der Waals surface area contributed by atoms with Gasteiger partial charge in [-0.1, -0.05) is 6.07 Å². The Labute approximate surface area is 122 Å². The number of hydrogen-bond acceptors (Lipinski definition) is 5. The van der Waals surface area contributed by atoms with E-state index >= 15 is 0 Å². The number of non-ortho nitro benzene ring substituents is 1. The van der Waals surface area contributed by atoms with Crippen LogP contribution < -0.4 is 4.74 Å². The molecule has 0 saturated carbocycles. The molecule has 0 aliphatic carbocycles. The van der Waals surface area contributed by atoms with Crippen molar-refractivity contribution in [2.45, 2.75) is 26.6 Å². The highest BCUT2D eigenvalue weighted by atomic mass is 16.6. The van der Waals surface area contributed by atoms with Gasteiger partial charge < -0.3 is 9.84 Å². The lowest BCUT2D eigenvalue weighted by molar-refractivity contribution is -0.385. The Morgan fingerprint density at radius 1 is 1.38 bits per heavy atom. The van der Waals surface area contributed by atoms with Gasteiger partial charge in [-0.05, 0) is 32.0 Å². The molecule has 21 heavy (non-hydrogen) atoms. The topological polar surface area (TPSA) is 85.5 Å². The Morgan fingerprint density at radius 3 is 2.76 bits per heavy atom. The average Bonchev–Trinajstić information content (AvgIpc) is 2.44. The van der Waals surface area contributed by atoms with Crippen LogP contribution in [0.2, 0.25) is 0 Å². The standard InChI is InChI=1S/C15H16N2O4/c1-10-4-3-5-12(16-10)9-21-15-7-6-13(17(19)20)8-14(15)11(2)18/h3-8,11,18H,9H2,1-2H3/t11-/m1/s1. The molecule has 1 N–H and O–H groups in total.